The van der Waals surface area contributed by atoms with Crippen molar-refractivity contribution in [3.8, 4) is 17.1 Å². The average Bonchev–Trinajstić information content (AvgIpc) is 2.88. The van der Waals surface area contributed by atoms with E-state index in [-0.39, 0.29) is 5.75 Å². The third-order valence-electron chi connectivity index (χ3n) is 3.11. The van der Waals surface area contributed by atoms with Gasteiger partial charge in [0.15, 0.2) is 0 Å². The lowest BCUT2D eigenvalue weighted by Gasteiger charge is -1.95. The van der Waals surface area contributed by atoms with Crippen LogP contribution in [-0.2, 0) is 4.79 Å². The van der Waals surface area contributed by atoms with E-state index >= 15 is 0 Å². The minimum atomic E-state index is -0.980. The molecule has 0 saturated carbocycles. The summed E-state index contributed by atoms with van der Waals surface area (Å²) < 4.78 is 5.75. The van der Waals surface area contributed by atoms with Crippen molar-refractivity contribution in [2.24, 2.45) is 0 Å². The molecule has 0 aliphatic rings. The quantitative estimate of drug-likeness (QED) is 0.714. The van der Waals surface area contributed by atoms with Crippen molar-refractivity contribution in [1.29, 1.82) is 0 Å². The van der Waals surface area contributed by atoms with Crippen molar-refractivity contribution in [3.63, 3.8) is 0 Å². The first-order valence-corrected chi connectivity index (χ1v) is 6.36. The lowest BCUT2D eigenvalue weighted by atomic mass is 10.1. The molecule has 0 atom stereocenters. The van der Waals surface area contributed by atoms with Crippen LogP contribution in [0.1, 0.15) is 5.56 Å². The van der Waals surface area contributed by atoms with E-state index in [1.807, 2.05) is 12.1 Å². The van der Waals surface area contributed by atoms with Crippen LogP contribution in [0.4, 0.5) is 0 Å². The van der Waals surface area contributed by atoms with E-state index in [0.717, 1.165) is 28.2 Å². The first-order chi connectivity index (χ1) is 10.1. The maximum atomic E-state index is 10.5. The highest BCUT2D eigenvalue weighted by Crippen LogP contribution is 2.29. The molecule has 0 amide bonds. The number of benzene rings is 2. The summed E-state index contributed by atoms with van der Waals surface area (Å²) in [6.45, 7) is 0. The van der Waals surface area contributed by atoms with Gasteiger partial charge in [-0.3, -0.25) is 0 Å². The molecule has 2 N–H and O–H groups in total. The molecule has 0 aliphatic heterocycles. The Hall–Kier alpha value is -3.01. The van der Waals surface area contributed by atoms with Gasteiger partial charge in [0.2, 0.25) is 0 Å². The number of fused-ring (bicyclic) bond motifs is 1. The SMILES string of the molecule is O=C(O)/C=C/c1ccc2oc(-c3ccc(O)cc3)cc2c1. The van der Waals surface area contributed by atoms with E-state index in [0.29, 0.717) is 5.76 Å². The van der Waals surface area contributed by atoms with E-state index in [4.69, 9.17) is 9.52 Å². The molecule has 1 heterocycles. The molecular weight excluding hydrogens is 268 g/mol. The Labute approximate surface area is 120 Å². The van der Waals surface area contributed by atoms with Crippen LogP contribution in [0.3, 0.4) is 0 Å². The third-order valence-corrected chi connectivity index (χ3v) is 3.11. The number of rotatable bonds is 3. The number of aliphatic carboxylic acids is 1. The molecule has 0 radical (unpaired) electrons. The fraction of sp³-hybridized carbons (Fsp3) is 0. The maximum Gasteiger partial charge on any atom is 0.328 e. The molecule has 0 aliphatic carbocycles. The number of hydrogen-bond acceptors (Lipinski definition) is 3. The first kappa shape index (κ1) is 13.0. The summed E-state index contributed by atoms with van der Waals surface area (Å²) in [5, 5.41) is 18.8. The van der Waals surface area contributed by atoms with Gasteiger partial charge in [0.05, 0.1) is 0 Å². The Bertz CT molecular complexity index is 826. The second-order valence-electron chi connectivity index (χ2n) is 4.63. The third kappa shape index (κ3) is 2.79. The minimum absolute atomic E-state index is 0.205. The maximum absolute atomic E-state index is 10.5. The zero-order valence-electron chi connectivity index (χ0n) is 11.0. The van der Waals surface area contributed by atoms with E-state index in [1.165, 1.54) is 6.08 Å². The smallest absolute Gasteiger partial charge is 0.328 e. The molecule has 0 unspecified atom stereocenters. The molecule has 0 saturated heterocycles. The molecular formula is C17H12O4. The minimum Gasteiger partial charge on any atom is -0.508 e. The van der Waals surface area contributed by atoms with Crippen LogP contribution >= 0.6 is 0 Å². The Kier molecular flexibility index (Phi) is 3.20. The van der Waals surface area contributed by atoms with Crippen molar-refractivity contribution in [2.45, 2.75) is 0 Å². The first-order valence-electron chi connectivity index (χ1n) is 6.36. The highest BCUT2D eigenvalue weighted by molar-refractivity contribution is 5.88. The summed E-state index contributed by atoms with van der Waals surface area (Å²) in [5.74, 6) is -0.0765. The fourth-order valence-electron chi connectivity index (χ4n) is 2.10. The summed E-state index contributed by atoms with van der Waals surface area (Å²) >= 11 is 0. The second-order valence-corrected chi connectivity index (χ2v) is 4.63. The Balaban J connectivity index is 2.00. The molecule has 21 heavy (non-hydrogen) atoms. The van der Waals surface area contributed by atoms with Crippen LogP contribution in [0, 0.1) is 0 Å². The van der Waals surface area contributed by atoms with Gasteiger partial charge in [-0.15, -0.1) is 0 Å². The number of phenolic OH excluding ortho intramolecular Hbond substituents is 1. The average molecular weight is 280 g/mol. The molecule has 0 fully saturated rings. The van der Waals surface area contributed by atoms with Gasteiger partial charge >= 0.3 is 5.97 Å². The van der Waals surface area contributed by atoms with Crippen LogP contribution in [0.15, 0.2) is 59.0 Å². The standard InChI is InChI=1S/C17H12O4/c18-14-5-3-12(4-6-14)16-10-13-9-11(2-8-17(19)20)1-7-15(13)21-16/h1-10,18H,(H,19,20)/b8-2+. The molecule has 3 rings (SSSR count). The number of aromatic hydroxyl groups is 1. The van der Waals surface area contributed by atoms with Crippen molar-refractivity contribution >= 4 is 23.0 Å². The fourth-order valence-corrected chi connectivity index (χ4v) is 2.10. The van der Waals surface area contributed by atoms with Crippen molar-refractivity contribution in [3.05, 3.63) is 60.2 Å². The summed E-state index contributed by atoms with van der Waals surface area (Å²) in [4.78, 5) is 10.5. The largest absolute Gasteiger partial charge is 0.508 e. The molecule has 2 aromatic carbocycles. The number of hydrogen-bond donors (Lipinski definition) is 2. The second kappa shape index (κ2) is 5.17. The van der Waals surface area contributed by atoms with Gasteiger partial charge in [-0.05, 0) is 54.1 Å². The number of furan rings is 1. The van der Waals surface area contributed by atoms with E-state index in [9.17, 15) is 9.90 Å². The lowest BCUT2D eigenvalue weighted by Crippen LogP contribution is -1.85. The van der Waals surface area contributed by atoms with Crippen molar-refractivity contribution in [2.75, 3.05) is 0 Å². The Morgan fingerprint density at radius 2 is 1.81 bits per heavy atom. The van der Waals surface area contributed by atoms with Gasteiger partial charge in [-0.2, -0.15) is 0 Å². The number of carboxylic acids is 1. The molecule has 4 nitrogen and oxygen atoms in total. The monoisotopic (exact) mass is 280 g/mol. The van der Waals surface area contributed by atoms with Gasteiger partial charge in [0.25, 0.3) is 0 Å². The van der Waals surface area contributed by atoms with E-state index in [2.05, 4.69) is 0 Å². The lowest BCUT2D eigenvalue weighted by molar-refractivity contribution is -0.131. The van der Waals surface area contributed by atoms with Crippen LogP contribution in [0.2, 0.25) is 0 Å². The zero-order valence-corrected chi connectivity index (χ0v) is 11.0. The number of phenols is 1. The molecule has 3 aromatic rings. The van der Waals surface area contributed by atoms with Gasteiger partial charge in [-0.1, -0.05) is 6.07 Å². The van der Waals surface area contributed by atoms with Crippen LogP contribution in [0.25, 0.3) is 28.4 Å². The van der Waals surface area contributed by atoms with Gasteiger partial charge in [-0.25, -0.2) is 4.79 Å². The summed E-state index contributed by atoms with van der Waals surface area (Å²) in [5.41, 5.74) is 2.39. The Morgan fingerprint density at radius 1 is 1.05 bits per heavy atom. The van der Waals surface area contributed by atoms with Crippen LogP contribution < -0.4 is 0 Å². The number of carbonyl (C=O) groups is 1. The summed E-state index contributed by atoms with van der Waals surface area (Å²) in [6, 6.07) is 14.1. The molecule has 4 heteroatoms. The van der Waals surface area contributed by atoms with Crippen LogP contribution in [-0.4, -0.2) is 16.2 Å². The predicted octanol–water partition coefficient (Wildman–Crippen LogP) is 3.90. The predicted molar refractivity (Wildman–Crippen MR) is 80.0 cm³/mol. The Morgan fingerprint density at radius 3 is 2.52 bits per heavy atom. The van der Waals surface area contributed by atoms with Gasteiger partial charge in [0.1, 0.15) is 17.1 Å². The van der Waals surface area contributed by atoms with Gasteiger partial charge < -0.3 is 14.6 Å². The van der Waals surface area contributed by atoms with Gasteiger partial charge in [0, 0.05) is 17.0 Å². The highest BCUT2D eigenvalue weighted by Gasteiger charge is 2.06. The normalized spacial score (nSPS) is 11.2. The highest BCUT2D eigenvalue weighted by atomic mass is 16.4. The molecule has 1 aromatic heterocycles. The van der Waals surface area contributed by atoms with Crippen molar-refractivity contribution in [1.82, 2.24) is 0 Å². The van der Waals surface area contributed by atoms with Crippen molar-refractivity contribution < 1.29 is 19.4 Å². The number of carboxylic acid groups (broad SMARTS) is 1. The van der Waals surface area contributed by atoms with Crippen LogP contribution in [0.5, 0.6) is 5.75 Å². The molecule has 0 bridgehead atoms. The van der Waals surface area contributed by atoms with E-state index < -0.39 is 5.97 Å². The summed E-state index contributed by atoms with van der Waals surface area (Å²) in [7, 11) is 0. The molecule has 0 spiro atoms. The topological polar surface area (TPSA) is 70.7 Å². The van der Waals surface area contributed by atoms with E-state index in [1.54, 1.807) is 36.4 Å². The zero-order chi connectivity index (χ0) is 14.8. The summed E-state index contributed by atoms with van der Waals surface area (Å²) in [6.07, 6.45) is 2.64. The molecule has 104 valence electrons.